The maximum absolute atomic E-state index is 10.8. The number of carbonyl (C=O) groups is 1. The van der Waals surface area contributed by atoms with Crippen LogP contribution >= 0.6 is 23.2 Å². The van der Waals surface area contributed by atoms with E-state index in [9.17, 15) is 4.79 Å². The monoisotopic (exact) mass is 289 g/mol. The lowest BCUT2D eigenvalue weighted by Gasteiger charge is -2.33. The van der Waals surface area contributed by atoms with E-state index in [2.05, 4.69) is 9.88 Å². The van der Waals surface area contributed by atoms with Gasteiger partial charge in [0.25, 0.3) is 0 Å². The predicted octanol–water partition coefficient (Wildman–Crippen LogP) is 2.18. The predicted molar refractivity (Wildman–Crippen MR) is 69.1 cm³/mol. The number of pyridine rings is 1. The number of halogens is 2. The van der Waals surface area contributed by atoms with E-state index in [0.29, 0.717) is 43.0 Å². The molecule has 5 nitrogen and oxygen atoms in total. The largest absolute Gasteiger partial charge is 0.465 e. The third kappa shape index (κ3) is 3.48. The Hall–Kier alpha value is -1.04. The summed E-state index contributed by atoms with van der Waals surface area (Å²) in [5, 5.41) is 9.60. The summed E-state index contributed by atoms with van der Waals surface area (Å²) in [6, 6.07) is 3.55. The molecule has 0 atom stereocenters. The normalized spacial score (nSPS) is 16.9. The van der Waals surface area contributed by atoms with Crippen LogP contribution in [0.5, 0.6) is 0 Å². The zero-order chi connectivity index (χ0) is 13.1. The second-order valence-corrected chi connectivity index (χ2v) is 4.94. The molecule has 1 saturated heterocycles. The molecule has 98 valence electrons. The van der Waals surface area contributed by atoms with E-state index >= 15 is 0 Å². The molecule has 7 heteroatoms. The van der Waals surface area contributed by atoms with Crippen molar-refractivity contribution in [3.05, 3.63) is 28.0 Å². The molecule has 0 aromatic carbocycles. The van der Waals surface area contributed by atoms with Crippen LogP contribution in [0.4, 0.5) is 4.79 Å². The second-order valence-electron chi connectivity index (χ2n) is 4.17. The maximum atomic E-state index is 10.8. The summed E-state index contributed by atoms with van der Waals surface area (Å²) >= 11 is 11.7. The van der Waals surface area contributed by atoms with Crippen LogP contribution in [0.3, 0.4) is 0 Å². The molecule has 1 amide bonds. The van der Waals surface area contributed by atoms with E-state index in [0.717, 1.165) is 5.56 Å². The average molecular weight is 290 g/mol. The van der Waals surface area contributed by atoms with Gasteiger partial charge in [0.15, 0.2) is 0 Å². The molecule has 2 heterocycles. The van der Waals surface area contributed by atoms with E-state index in [4.69, 9.17) is 28.3 Å². The van der Waals surface area contributed by atoms with Gasteiger partial charge in [-0.3, -0.25) is 4.90 Å². The molecule has 1 N–H and O–H groups in total. The van der Waals surface area contributed by atoms with Crippen LogP contribution in [-0.4, -0.2) is 52.2 Å². The van der Waals surface area contributed by atoms with Crippen LogP contribution in [0.2, 0.25) is 10.3 Å². The van der Waals surface area contributed by atoms with Crippen molar-refractivity contribution in [2.45, 2.75) is 6.54 Å². The van der Waals surface area contributed by atoms with Gasteiger partial charge in [-0.05, 0) is 17.7 Å². The van der Waals surface area contributed by atoms with Gasteiger partial charge in [0.1, 0.15) is 10.3 Å². The van der Waals surface area contributed by atoms with E-state index in [-0.39, 0.29) is 0 Å². The molecule has 1 aliphatic heterocycles. The van der Waals surface area contributed by atoms with Crippen LogP contribution in [0.25, 0.3) is 0 Å². The first-order valence-electron chi connectivity index (χ1n) is 5.57. The number of hydrogen-bond donors (Lipinski definition) is 1. The maximum Gasteiger partial charge on any atom is 0.407 e. The van der Waals surface area contributed by atoms with Gasteiger partial charge in [0, 0.05) is 32.7 Å². The molecule has 1 aromatic heterocycles. The average Bonchev–Trinajstić information content (AvgIpc) is 2.28. The SMILES string of the molecule is O=C(O)N1CCN(Cc2cc(Cl)nc(Cl)c2)CC1. The topological polar surface area (TPSA) is 56.7 Å². The molecule has 1 fully saturated rings. The minimum Gasteiger partial charge on any atom is -0.465 e. The first-order valence-corrected chi connectivity index (χ1v) is 6.32. The molecule has 0 radical (unpaired) electrons. The fourth-order valence-electron chi connectivity index (χ4n) is 1.96. The molecular weight excluding hydrogens is 277 g/mol. The summed E-state index contributed by atoms with van der Waals surface area (Å²) in [7, 11) is 0. The third-order valence-corrected chi connectivity index (χ3v) is 3.26. The van der Waals surface area contributed by atoms with Crippen LogP contribution < -0.4 is 0 Å². The number of carboxylic acid groups (broad SMARTS) is 1. The van der Waals surface area contributed by atoms with Crippen LogP contribution in [0, 0.1) is 0 Å². The zero-order valence-corrected chi connectivity index (χ0v) is 11.2. The van der Waals surface area contributed by atoms with Gasteiger partial charge in [-0.15, -0.1) is 0 Å². The molecule has 0 unspecified atom stereocenters. The summed E-state index contributed by atoms with van der Waals surface area (Å²) in [5.41, 5.74) is 0.990. The van der Waals surface area contributed by atoms with Gasteiger partial charge >= 0.3 is 6.09 Å². The highest BCUT2D eigenvalue weighted by molar-refractivity contribution is 6.32. The third-order valence-electron chi connectivity index (χ3n) is 2.87. The van der Waals surface area contributed by atoms with Crippen LogP contribution in [0.15, 0.2) is 12.1 Å². The smallest absolute Gasteiger partial charge is 0.407 e. The molecule has 2 rings (SSSR count). The number of hydrogen-bond acceptors (Lipinski definition) is 3. The van der Waals surface area contributed by atoms with Gasteiger partial charge in [-0.1, -0.05) is 23.2 Å². The highest BCUT2D eigenvalue weighted by Gasteiger charge is 2.20. The second kappa shape index (κ2) is 5.73. The lowest BCUT2D eigenvalue weighted by Crippen LogP contribution is -2.47. The Morgan fingerprint density at radius 1 is 1.22 bits per heavy atom. The van der Waals surface area contributed by atoms with Crippen molar-refractivity contribution >= 4 is 29.3 Å². The molecule has 0 spiro atoms. The van der Waals surface area contributed by atoms with Gasteiger partial charge < -0.3 is 10.0 Å². The molecule has 1 aliphatic rings. The highest BCUT2D eigenvalue weighted by atomic mass is 35.5. The van der Waals surface area contributed by atoms with Crippen molar-refractivity contribution in [3.8, 4) is 0 Å². The number of rotatable bonds is 2. The van der Waals surface area contributed by atoms with Crippen molar-refractivity contribution in [2.24, 2.45) is 0 Å². The fraction of sp³-hybridized carbons (Fsp3) is 0.455. The van der Waals surface area contributed by atoms with E-state index < -0.39 is 6.09 Å². The van der Waals surface area contributed by atoms with Crippen molar-refractivity contribution in [3.63, 3.8) is 0 Å². The van der Waals surface area contributed by atoms with Crippen LogP contribution in [0.1, 0.15) is 5.56 Å². The van der Waals surface area contributed by atoms with Gasteiger partial charge in [0.05, 0.1) is 0 Å². The first-order chi connectivity index (χ1) is 8.54. The van der Waals surface area contributed by atoms with Crippen molar-refractivity contribution in [1.82, 2.24) is 14.8 Å². The van der Waals surface area contributed by atoms with Crippen molar-refractivity contribution in [1.29, 1.82) is 0 Å². The van der Waals surface area contributed by atoms with Crippen molar-refractivity contribution in [2.75, 3.05) is 26.2 Å². The Morgan fingerprint density at radius 2 is 1.78 bits per heavy atom. The molecule has 18 heavy (non-hydrogen) atoms. The summed E-state index contributed by atoms with van der Waals surface area (Å²) in [6.07, 6.45) is -0.857. The summed E-state index contributed by atoms with van der Waals surface area (Å²) in [5.74, 6) is 0. The Morgan fingerprint density at radius 3 is 2.28 bits per heavy atom. The number of amides is 1. The number of nitrogens with zero attached hydrogens (tertiary/aromatic N) is 3. The Kier molecular flexibility index (Phi) is 4.27. The summed E-state index contributed by atoms with van der Waals surface area (Å²) < 4.78 is 0. The lowest BCUT2D eigenvalue weighted by atomic mass is 10.2. The van der Waals surface area contributed by atoms with E-state index in [1.54, 1.807) is 12.1 Å². The van der Waals surface area contributed by atoms with E-state index in [1.807, 2.05) is 0 Å². The molecule has 1 aromatic rings. The standard InChI is InChI=1S/C11H13Cl2N3O2/c12-9-5-8(6-10(13)14-9)7-15-1-3-16(4-2-15)11(17)18/h5-6H,1-4,7H2,(H,17,18). The van der Waals surface area contributed by atoms with Gasteiger partial charge in [0.2, 0.25) is 0 Å². The number of aromatic nitrogens is 1. The Balaban J connectivity index is 1.93. The quantitative estimate of drug-likeness (QED) is 0.848. The molecule has 0 saturated carbocycles. The lowest BCUT2D eigenvalue weighted by molar-refractivity contribution is 0.103. The minimum atomic E-state index is -0.857. The van der Waals surface area contributed by atoms with Crippen LogP contribution in [-0.2, 0) is 6.54 Å². The fourth-order valence-corrected chi connectivity index (χ4v) is 2.47. The first kappa shape index (κ1) is 13.4. The highest BCUT2D eigenvalue weighted by Crippen LogP contribution is 2.17. The molecular formula is C11H13Cl2N3O2. The van der Waals surface area contributed by atoms with Crippen molar-refractivity contribution < 1.29 is 9.90 Å². The summed E-state index contributed by atoms with van der Waals surface area (Å²) in [4.78, 5) is 18.2. The zero-order valence-electron chi connectivity index (χ0n) is 9.64. The molecule has 0 bridgehead atoms. The summed E-state index contributed by atoms with van der Waals surface area (Å²) in [6.45, 7) is 3.19. The van der Waals surface area contributed by atoms with Gasteiger partial charge in [-0.2, -0.15) is 0 Å². The van der Waals surface area contributed by atoms with Gasteiger partial charge in [-0.25, -0.2) is 9.78 Å². The minimum absolute atomic E-state index is 0.377. The number of piperazine rings is 1. The molecule has 0 aliphatic carbocycles. The Bertz CT molecular complexity index is 428. The Labute approximate surface area is 115 Å². The van der Waals surface area contributed by atoms with E-state index in [1.165, 1.54) is 4.90 Å².